The van der Waals surface area contributed by atoms with Gasteiger partial charge in [-0.15, -0.1) is 0 Å². The third-order valence-electron chi connectivity index (χ3n) is 4.43. The second-order valence-corrected chi connectivity index (χ2v) is 6.02. The summed E-state index contributed by atoms with van der Waals surface area (Å²) in [5.41, 5.74) is 0.340. The smallest absolute Gasteiger partial charge is 0.338 e. The van der Waals surface area contributed by atoms with Crippen LogP contribution in [0.25, 0.3) is 0 Å². The van der Waals surface area contributed by atoms with E-state index in [1.165, 1.54) is 23.2 Å². The molecule has 0 saturated carbocycles. The molecule has 2 aromatic rings. The molecular formula is C19H19N3O5. The van der Waals surface area contributed by atoms with Crippen LogP contribution < -0.4 is 4.74 Å². The largest absolute Gasteiger partial charge is 0.497 e. The fourth-order valence-electron chi connectivity index (χ4n) is 2.93. The maximum atomic E-state index is 12.6. The van der Waals surface area contributed by atoms with Crippen LogP contribution in [0.15, 0.2) is 42.6 Å². The third-order valence-corrected chi connectivity index (χ3v) is 4.43. The molecule has 3 rings (SSSR count). The minimum Gasteiger partial charge on any atom is -0.497 e. The first-order chi connectivity index (χ1) is 13.0. The second-order valence-electron chi connectivity index (χ2n) is 6.02. The summed E-state index contributed by atoms with van der Waals surface area (Å²) in [5, 5.41) is 9.22. The van der Waals surface area contributed by atoms with Gasteiger partial charge in [-0.1, -0.05) is 0 Å². The van der Waals surface area contributed by atoms with E-state index in [2.05, 4.69) is 4.98 Å². The van der Waals surface area contributed by atoms with E-state index < -0.39 is 11.9 Å². The number of amides is 2. The number of benzene rings is 1. The molecule has 1 fully saturated rings. The Morgan fingerprint density at radius 1 is 0.963 bits per heavy atom. The van der Waals surface area contributed by atoms with E-state index >= 15 is 0 Å². The van der Waals surface area contributed by atoms with Crippen LogP contribution in [0.5, 0.6) is 5.75 Å². The Hall–Kier alpha value is -3.42. The molecule has 0 aliphatic carbocycles. The Bertz CT molecular complexity index is 858. The molecule has 8 nitrogen and oxygen atoms in total. The van der Waals surface area contributed by atoms with Crippen LogP contribution in [0.2, 0.25) is 0 Å². The fourth-order valence-corrected chi connectivity index (χ4v) is 2.93. The highest BCUT2D eigenvalue weighted by molar-refractivity contribution is 6.03. The molecule has 1 aromatic carbocycles. The summed E-state index contributed by atoms with van der Waals surface area (Å²) in [6.45, 7) is 1.37. The molecule has 0 bridgehead atoms. The number of methoxy groups -OCH3 is 1. The van der Waals surface area contributed by atoms with Gasteiger partial charge in [0.1, 0.15) is 11.4 Å². The lowest BCUT2D eigenvalue weighted by atomic mass is 10.1. The van der Waals surface area contributed by atoms with Crippen molar-refractivity contribution in [1.29, 1.82) is 0 Å². The molecule has 0 atom stereocenters. The summed E-state index contributed by atoms with van der Waals surface area (Å²) in [7, 11) is 1.56. The number of carbonyl (C=O) groups excluding carboxylic acids is 2. The third kappa shape index (κ3) is 3.89. The van der Waals surface area contributed by atoms with Crippen LogP contribution in [-0.2, 0) is 0 Å². The number of ether oxygens (including phenoxy) is 1. The van der Waals surface area contributed by atoms with Gasteiger partial charge in [-0.2, -0.15) is 0 Å². The second kappa shape index (κ2) is 7.86. The van der Waals surface area contributed by atoms with Crippen molar-refractivity contribution >= 4 is 17.8 Å². The molecule has 1 aliphatic heterocycles. The highest BCUT2D eigenvalue weighted by Crippen LogP contribution is 2.16. The Kier molecular flexibility index (Phi) is 5.35. The van der Waals surface area contributed by atoms with Crippen LogP contribution >= 0.6 is 0 Å². The van der Waals surface area contributed by atoms with Gasteiger partial charge >= 0.3 is 5.97 Å². The predicted octanol–water partition coefficient (Wildman–Crippen LogP) is 1.39. The molecular weight excluding hydrogens is 350 g/mol. The van der Waals surface area contributed by atoms with Gasteiger partial charge in [0.05, 0.1) is 12.7 Å². The number of nitrogens with zero attached hydrogens (tertiary/aromatic N) is 3. The van der Waals surface area contributed by atoms with Gasteiger partial charge in [0.2, 0.25) is 0 Å². The van der Waals surface area contributed by atoms with E-state index in [0.717, 1.165) is 0 Å². The molecule has 1 saturated heterocycles. The quantitative estimate of drug-likeness (QED) is 0.874. The van der Waals surface area contributed by atoms with Gasteiger partial charge in [-0.05, 0) is 36.4 Å². The Balaban J connectivity index is 1.65. The van der Waals surface area contributed by atoms with Gasteiger partial charge in [0, 0.05) is 37.9 Å². The molecule has 27 heavy (non-hydrogen) atoms. The number of piperazine rings is 1. The van der Waals surface area contributed by atoms with Crippen molar-refractivity contribution in [2.24, 2.45) is 0 Å². The van der Waals surface area contributed by atoms with Gasteiger partial charge < -0.3 is 19.6 Å². The normalized spacial score (nSPS) is 14.0. The average Bonchev–Trinajstić information content (AvgIpc) is 2.73. The van der Waals surface area contributed by atoms with Crippen molar-refractivity contribution in [3.05, 3.63) is 59.4 Å². The van der Waals surface area contributed by atoms with Crippen LogP contribution in [-0.4, -0.2) is 71.0 Å². The minimum absolute atomic E-state index is 0.0834. The average molecular weight is 369 g/mol. The maximum Gasteiger partial charge on any atom is 0.338 e. The predicted molar refractivity (Wildman–Crippen MR) is 96.0 cm³/mol. The number of rotatable bonds is 4. The lowest BCUT2D eigenvalue weighted by molar-refractivity contribution is 0.0528. The van der Waals surface area contributed by atoms with Crippen LogP contribution in [0.4, 0.5) is 0 Å². The summed E-state index contributed by atoms with van der Waals surface area (Å²) in [6, 6.07) is 9.68. The molecule has 1 aromatic heterocycles. The van der Waals surface area contributed by atoms with E-state index in [4.69, 9.17) is 4.74 Å². The monoisotopic (exact) mass is 369 g/mol. The van der Waals surface area contributed by atoms with E-state index in [1.54, 1.807) is 36.3 Å². The van der Waals surface area contributed by atoms with Crippen molar-refractivity contribution in [3.63, 3.8) is 0 Å². The molecule has 0 unspecified atom stereocenters. The van der Waals surface area contributed by atoms with Crippen molar-refractivity contribution < 1.29 is 24.2 Å². The van der Waals surface area contributed by atoms with Crippen LogP contribution in [0, 0.1) is 0 Å². The van der Waals surface area contributed by atoms with Crippen molar-refractivity contribution in [3.8, 4) is 5.75 Å². The zero-order valence-electron chi connectivity index (χ0n) is 14.8. The van der Waals surface area contributed by atoms with Crippen molar-refractivity contribution in [1.82, 2.24) is 14.8 Å². The van der Waals surface area contributed by atoms with Crippen molar-refractivity contribution in [2.45, 2.75) is 0 Å². The number of pyridine rings is 1. The first-order valence-corrected chi connectivity index (χ1v) is 8.42. The van der Waals surface area contributed by atoms with Gasteiger partial charge in [0.25, 0.3) is 11.8 Å². The van der Waals surface area contributed by atoms with Gasteiger partial charge in [0.15, 0.2) is 0 Å². The molecule has 1 N–H and O–H groups in total. The molecule has 1 aliphatic rings. The molecule has 8 heteroatoms. The topological polar surface area (TPSA) is 100 Å². The lowest BCUT2D eigenvalue weighted by Gasteiger charge is -2.34. The maximum absolute atomic E-state index is 12.6. The van der Waals surface area contributed by atoms with E-state index in [0.29, 0.717) is 37.5 Å². The standard InChI is InChI=1S/C19H19N3O5/c1-27-14-6-4-13(5-7-14)17(23)21-9-11-22(12-10-21)18(24)16-15(19(25)26)3-2-8-20-16/h2-8H,9-12H2,1H3,(H,25,26). The lowest BCUT2D eigenvalue weighted by Crippen LogP contribution is -2.51. The number of carboxylic acids is 1. The molecule has 2 amide bonds. The minimum atomic E-state index is -1.19. The molecule has 2 heterocycles. The van der Waals surface area contributed by atoms with E-state index in [-0.39, 0.29) is 17.2 Å². The first kappa shape index (κ1) is 18.4. The molecule has 0 radical (unpaired) electrons. The zero-order valence-corrected chi connectivity index (χ0v) is 14.8. The van der Waals surface area contributed by atoms with Gasteiger partial charge in [-0.3, -0.25) is 14.6 Å². The summed E-state index contributed by atoms with van der Waals surface area (Å²) < 4.78 is 5.09. The highest BCUT2D eigenvalue weighted by atomic mass is 16.5. The van der Waals surface area contributed by atoms with Crippen molar-refractivity contribution in [2.75, 3.05) is 33.3 Å². The van der Waals surface area contributed by atoms with Crippen LogP contribution in [0.1, 0.15) is 31.2 Å². The Morgan fingerprint density at radius 2 is 1.56 bits per heavy atom. The Labute approximate surface area is 156 Å². The van der Waals surface area contributed by atoms with E-state index in [1.807, 2.05) is 0 Å². The summed E-state index contributed by atoms with van der Waals surface area (Å²) in [6.07, 6.45) is 1.39. The van der Waals surface area contributed by atoms with Gasteiger partial charge in [-0.25, -0.2) is 4.79 Å². The first-order valence-electron chi connectivity index (χ1n) is 8.42. The van der Waals surface area contributed by atoms with Crippen LogP contribution in [0.3, 0.4) is 0 Å². The fraction of sp³-hybridized carbons (Fsp3) is 0.263. The summed E-state index contributed by atoms with van der Waals surface area (Å²) >= 11 is 0. The number of hydrogen-bond donors (Lipinski definition) is 1. The highest BCUT2D eigenvalue weighted by Gasteiger charge is 2.28. The molecule has 0 spiro atoms. The summed E-state index contributed by atoms with van der Waals surface area (Å²) in [4.78, 5) is 43.6. The number of aromatic nitrogens is 1. The number of carboxylic acid groups (broad SMARTS) is 1. The number of carbonyl (C=O) groups is 3. The number of hydrogen-bond acceptors (Lipinski definition) is 5. The Morgan fingerprint density at radius 3 is 2.11 bits per heavy atom. The SMILES string of the molecule is COc1ccc(C(=O)N2CCN(C(=O)c3ncccc3C(=O)O)CC2)cc1. The number of aromatic carboxylic acids is 1. The zero-order chi connectivity index (χ0) is 19.4. The molecule has 140 valence electrons. The summed E-state index contributed by atoms with van der Waals surface area (Å²) in [5.74, 6) is -1.08. The van der Waals surface area contributed by atoms with E-state index in [9.17, 15) is 19.5 Å².